The summed E-state index contributed by atoms with van der Waals surface area (Å²) in [5.41, 5.74) is 3.20. The summed E-state index contributed by atoms with van der Waals surface area (Å²) in [5, 5.41) is 15.9. The van der Waals surface area contributed by atoms with E-state index in [1.165, 1.54) is 24.3 Å². The molecule has 3 rings (SSSR count). The molecule has 0 aliphatic rings. The standard InChI is InChI=1S/C22H23FN3O2/c1-3-5-10-18-14-22(21(4-2)16-8-6-9-17(23)13-16)25(24-18)19-11-7-12-20(15-19)26(27)28/h6-9,11-15,21H,2-5,10H2,1H3. The third-order valence-corrected chi connectivity index (χ3v) is 4.76. The van der Waals surface area contributed by atoms with Crippen molar-refractivity contribution in [3.63, 3.8) is 0 Å². The third-order valence-electron chi connectivity index (χ3n) is 4.76. The first-order valence-corrected chi connectivity index (χ1v) is 9.41. The highest BCUT2D eigenvalue weighted by Crippen LogP contribution is 2.31. The molecular weight excluding hydrogens is 357 g/mol. The Morgan fingerprint density at radius 1 is 1.21 bits per heavy atom. The number of nitro groups is 1. The number of nitrogens with zero attached hydrogens (tertiary/aromatic N) is 3. The number of unbranched alkanes of at least 4 members (excludes halogenated alkanes) is 1. The van der Waals surface area contributed by atoms with Crippen LogP contribution in [0.2, 0.25) is 0 Å². The Morgan fingerprint density at radius 2 is 2.00 bits per heavy atom. The van der Waals surface area contributed by atoms with E-state index in [4.69, 9.17) is 5.10 Å². The van der Waals surface area contributed by atoms with Gasteiger partial charge in [-0.1, -0.05) is 38.5 Å². The van der Waals surface area contributed by atoms with E-state index in [2.05, 4.69) is 13.8 Å². The van der Waals surface area contributed by atoms with Crippen molar-refractivity contribution in [2.75, 3.05) is 0 Å². The maximum absolute atomic E-state index is 13.8. The lowest BCUT2D eigenvalue weighted by atomic mass is 9.92. The van der Waals surface area contributed by atoms with Crippen LogP contribution in [0.4, 0.5) is 10.1 Å². The average Bonchev–Trinajstić information content (AvgIpc) is 3.11. The quantitative estimate of drug-likeness (QED) is 0.376. The fraction of sp³-hybridized carbons (Fsp3) is 0.273. The second-order valence-corrected chi connectivity index (χ2v) is 6.75. The maximum Gasteiger partial charge on any atom is 0.271 e. The minimum Gasteiger partial charge on any atom is -0.258 e. The van der Waals surface area contributed by atoms with Crippen molar-refractivity contribution in [1.82, 2.24) is 9.78 Å². The first-order chi connectivity index (χ1) is 13.5. The number of nitro benzene ring substituents is 1. The fourth-order valence-electron chi connectivity index (χ4n) is 3.33. The third kappa shape index (κ3) is 4.27. The predicted octanol–water partition coefficient (Wildman–Crippen LogP) is 5.62. The van der Waals surface area contributed by atoms with Gasteiger partial charge in [0.1, 0.15) is 5.82 Å². The van der Waals surface area contributed by atoms with E-state index < -0.39 is 4.92 Å². The lowest BCUT2D eigenvalue weighted by molar-refractivity contribution is -0.384. The number of hydrogen-bond donors (Lipinski definition) is 0. The van der Waals surface area contributed by atoms with Gasteiger partial charge in [0.15, 0.2) is 0 Å². The van der Waals surface area contributed by atoms with Gasteiger partial charge in [0, 0.05) is 18.1 Å². The second-order valence-electron chi connectivity index (χ2n) is 6.75. The average molecular weight is 380 g/mol. The highest BCUT2D eigenvalue weighted by molar-refractivity contribution is 5.45. The van der Waals surface area contributed by atoms with E-state index in [1.54, 1.807) is 22.9 Å². The first-order valence-electron chi connectivity index (χ1n) is 9.41. The van der Waals surface area contributed by atoms with E-state index in [0.29, 0.717) is 12.1 Å². The van der Waals surface area contributed by atoms with Crippen LogP contribution in [0.25, 0.3) is 5.69 Å². The molecule has 0 N–H and O–H groups in total. The molecule has 0 amide bonds. The van der Waals surface area contributed by atoms with Crippen molar-refractivity contribution >= 4 is 5.69 Å². The molecule has 1 radical (unpaired) electrons. The van der Waals surface area contributed by atoms with E-state index in [0.717, 1.165) is 36.2 Å². The van der Waals surface area contributed by atoms with Gasteiger partial charge in [-0.2, -0.15) is 5.10 Å². The van der Waals surface area contributed by atoms with Gasteiger partial charge >= 0.3 is 0 Å². The Labute approximate surface area is 164 Å². The minimum absolute atomic E-state index is 0.00554. The molecule has 0 bridgehead atoms. The zero-order valence-electron chi connectivity index (χ0n) is 15.8. The first kappa shape index (κ1) is 19.7. The molecule has 28 heavy (non-hydrogen) atoms. The second kappa shape index (κ2) is 8.78. The van der Waals surface area contributed by atoms with Gasteiger partial charge in [-0.3, -0.25) is 10.1 Å². The fourth-order valence-corrected chi connectivity index (χ4v) is 3.33. The summed E-state index contributed by atoms with van der Waals surface area (Å²) in [5.74, 6) is -0.471. The van der Waals surface area contributed by atoms with Crippen molar-refractivity contribution in [2.45, 2.75) is 38.5 Å². The Balaban J connectivity index is 2.12. The molecule has 1 unspecified atom stereocenters. The molecule has 145 valence electrons. The van der Waals surface area contributed by atoms with Crippen LogP contribution in [0.3, 0.4) is 0 Å². The van der Waals surface area contributed by atoms with Crippen LogP contribution in [0.5, 0.6) is 0 Å². The van der Waals surface area contributed by atoms with Crippen LogP contribution in [0.1, 0.15) is 49.1 Å². The molecule has 0 spiro atoms. The highest BCUT2D eigenvalue weighted by Gasteiger charge is 2.21. The summed E-state index contributed by atoms with van der Waals surface area (Å²) in [4.78, 5) is 10.8. The summed E-state index contributed by atoms with van der Waals surface area (Å²) < 4.78 is 15.5. The molecule has 1 aromatic heterocycles. The summed E-state index contributed by atoms with van der Waals surface area (Å²) in [6.07, 6.45) is 3.37. The van der Waals surface area contributed by atoms with Crippen LogP contribution in [-0.4, -0.2) is 14.7 Å². The Hall–Kier alpha value is -3.02. The summed E-state index contributed by atoms with van der Waals surface area (Å²) in [6.45, 7) is 6.16. The van der Waals surface area contributed by atoms with Crippen LogP contribution < -0.4 is 0 Å². The summed E-state index contributed by atoms with van der Waals surface area (Å²) in [6, 6.07) is 14.9. The van der Waals surface area contributed by atoms with E-state index in [1.807, 2.05) is 12.1 Å². The van der Waals surface area contributed by atoms with Crippen molar-refractivity contribution < 1.29 is 9.31 Å². The number of halogens is 1. The van der Waals surface area contributed by atoms with Gasteiger partial charge in [-0.05, 0) is 49.1 Å². The largest absolute Gasteiger partial charge is 0.271 e. The molecule has 0 saturated carbocycles. The van der Waals surface area contributed by atoms with Crippen molar-refractivity contribution in [3.8, 4) is 5.69 Å². The topological polar surface area (TPSA) is 61.0 Å². The Bertz CT molecular complexity index is 968. The Morgan fingerprint density at radius 3 is 2.68 bits per heavy atom. The maximum atomic E-state index is 13.8. The zero-order chi connectivity index (χ0) is 20.1. The number of aromatic nitrogens is 2. The van der Waals surface area contributed by atoms with Crippen molar-refractivity contribution in [2.24, 2.45) is 0 Å². The lowest BCUT2D eigenvalue weighted by Gasteiger charge is -2.17. The molecule has 0 aliphatic heterocycles. The molecule has 0 saturated heterocycles. The van der Waals surface area contributed by atoms with Crippen LogP contribution in [-0.2, 0) is 6.42 Å². The van der Waals surface area contributed by atoms with E-state index in [-0.39, 0.29) is 17.4 Å². The normalized spacial score (nSPS) is 12.1. The predicted molar refractivity (Wildman–Crippen MR) is 107 cm³/mol. The number of non-ortho nitro benzene ring substituents is 1. The SMILES string of the molecule is [CH2]CC(c1cccc(F)c1)c1cc(CCCC)nn1-c1cccc([N+](=O)[O-])c1. The molecule has 5 nitrogen and oxygen atoms in total. The summed E-state index contributed by atoms with van der Waals surface area (Å²) >= 11 is 0. The van der Waals surface area contributed by atoms with Gasteiger partial charge in [0.05, 0.1) is 22.0 Å². The van der Waals surface area contributed by atoms with Gasteiger partial charge in [0.2, 0.25) is 0 Å². The van der Waals surface area contributed by atoms with Gasteiger partial charge in [-0.15, -0.1) is 0 Å². The summed E-state index contributed by atoms with van der Waals surface area (Å²) in [7, 11) is 0. The number of rotatable bonds is 8. The molecule has 2 aromatic carbocycles. The molecule has 6 heteroatoms. The molecule has 1 heterocycles. The zero-order valence-corrected chi connectivity index (χ0v) is 15.8. The molecule has 0 aliphatic carbocycles. The Kier molecular flexibility index (Phi) is 6.19. The van der Waals surface area contributed by atoms with Crippen LogP contribution in [0.15, 0.2) is 54.6 Å². The number of hydrogen-bond acceptors (Lipinski definition) is 3. The number of aryl methyl sites for hydroxylation is 1. The van der Waals surface area contributed by atoms with Crippen LogP contribution in [0, 0.1) is 22.9 Å². The van der Waals surface area contributed by atoms with E-state index in [9.17, 15) is 14.5 Å². The monoisotopic (exact) mass is 380 g/mol. The smallest absolute Gasteiger partial charge is 0.258 e. The molecule has 1 atom stereocenters. The minimum atomic E-state index is -0.421. The van der Waals surface area contributed by atoms with Crippen molar-refractivity contribution in [3.05, 3.63) is 94.4 Å². The molecule has 0 fully saturated rings. The molecular formula is C22H23FN3O2. The van der Waals surface area contributed by atoms with Crippen molar-refractivity contribution in [1.29, 1.82) is 0 Å². The lowest BCUT2D eigenvalue weighted by Crippen LogP contribution is -2.09. The number of benzene rings is 2. The van der Waals surface area contributed by atoms with Gasteiger partial charge in [0.25, 0.3) is 5.69 Å². The highest BCUT2D eigenvalue weighted by atomic mass is 19.1. The van der Waals surface area contributed by atoms with Gasteiger partial charge in [-0.25, -0.2) is 9.07 Å². The van der Waals surface area contributed by atoms with Crippen LogP contribution >= 0.6 is 0 Å². The van der Waals surface area contributed by atoms with Gasteiger partial charge < -0.3 is 0 Å². The van der Waals surface area contributed by atoms with E-state index >= 15 is 0 Å². The molecule has 3 aromatic rings.